The maximum atomic E-state index is 12.6. The van der Waals surface area contributed by atoms with Gasteiger partial charge >= 0.3 is 0 Å². The summed E-state index contributed by atoms with van der Waals surface area (Å²) in [5, 5.41) is 12.4. The van der Waals surface area contributed by atoms with Gasteiger partial charge in [0.05, 0.1) is 12.1 Å². The van der Waals surface area contributed by atoms with Crippen LogP contribution in [0.4, 0.5) is 0 Å². The van der Waals surface area contributed by atoms with Crippen LogP contribution < -0.4 is 5.32 Å². The smallest absolute Gasteiger partial charge is 0.255 e. The molecule has 2 aliphatic rings. The normalized spacial score (nSPS) is 20.3. The molecule has 0 aliphatic carbocycles. The maximum absolute atomic E-state index is 12.6. The fraction of sp³-hybridized carbons (Fsp3) is 0.417. The van der Waals surface area contributed by atoms with Crippen molar-refractivity contribution < 1.29 is 14.7 Å². The summed E-state index contributed by atoms with van der Waals surface area (Å²) >= 11 is 0. The Hall–Kier alpha value is -2.86. The Morgan fingerprint density at radius 2 is 1.63 bits per heavy atom. The second kappa shape index (κ2) is 9.30. The first-order valence-electron chi connectivity index (χ1n) is 10.7. The molecule has 2 fully saturated rings. The highest BCUT2D eigenvalue weighted by atomic mass is 16.3. The van der Waals surface area contributed by atoms with Crippen LogP contribution >= 0.6 is 0 Å². The van der Waals surface area contributed by atoms with E-state index < -0.39 is 5.91 Å². The Labute approximate surface area is 177 Å². The van der Waals surface area contributed by atoms with Gasteiger partial charge in [0.15, 0.2) is 0 Å². The molecule has 6 heteroatoms. The van der Waals surface area contributed by atoms with Crippen LogP contribution in [0.2, 0.25) is 0 Å². The van der Waals surface area contributed by atoms with Gasteiger partial charge in [0.1, 0.15) is 5.75 Å². The molecule has 2 aliphatic heterocycles. The first-order valence-corrected chi connectivity index (χ1v) is 10.7. The lowest BCUT2D eigenvalue weighted by atomic mass is 9.89. The van der Waals surface area contributed by atoms with Gasteiger partial charge in [0.25, 0.3) is 5.91 Å². The summed E-state index contributed by atoms with van der Waals surface area (Å²) in [6.07, 6.45) is 3.30. The van der Waals surface area contributed by atoms with Gasteiger partial charge in [-0.25, -0.2) is 0 Å². The van der Waals surface area contributed by atoms with Crippen molar-refractivity contribution in [3.05, 3.63) is 65.7 Å². The van der Waals surface area contributed by atoms with Crippen molar-refractivity contribution in [1.82, 2.24) is 15.1 Å². The van der Waals surface area contributed by atoms with Crippen molar-refractivity contribution in [2.45, 2.75) is 31.2 Å². The van der Waals surface area contributed by atoms with Crippen molar-refractivity contribution in [2.24, 2.45) is 0 Å². The molecule has 1 unspecified atom stereocenters. The standard InChI is InChI=1S/C24H29N3O3/c28-22-9-5-4-8-21(22)24(30)25-16-23(29)27-15-12-20(17-27)26-13-10-19(11-14-26)18-6-2-1-3-7-18/h1-9,19-20,28H,10-17H2,(H,25,30). The molecule has 2 amide bonds. The number of hydrogen-bond donors (Lipinski definition) is 2. The van der Waals surface area contributed by atoms with Gasteiger partial charge in [-0.05, 0) is 56.0 Å². The quantitative estimate of drug-likeness (QED) is 0.799. The van der Waals surface area contributed by atoms with Gasteiger partial charge < -0.3 is 15.3 Å². The zero-order valence-electron chi connectivity index (χ0n) is 17.2. The van der Waals surface area contributed by atoms with E-state index >= 15 is 0 Å². The van der Waals surface area contributed by atoms with Crippen molar-refractivity contribution in [1.29, 1.82) is 0 Å². The third-order valence-corrected chi connectivity index (χ3v) is 6.38. The Bertz CT molecular complexity index is 878. The van der Waals surface area contributed by atoms with E-state index in [-0.39, 0.29) is 23.8 Å². The van der Waals surface area contributed by atoms with E-state index in [1.165, 1.54) is 11.6 Å². The van der Waals surface area contributed by atoms with Crippen molar-refractivity contribution in [3.63, 3.8) is 0 Å². The lowest BCUT2D eigenvalue weighted by Gasteiger charge is -2.36. The van der Waals surface area contributed by atoms with Gasteiger partial charge in [-0.1, -0.05) is 42.5 Å². The average molecular weight is 408 g/mol. The molecule has 0 spiro atoms. The number of phenols is 1. The highest BCUT2D eigenvalue weighted by molar-refractivity contribution is 5.98. The number of likely N-dealkylation sites (tertiary alicyclic amines) is 2. The topological polar surface area (TPSA) is 72.9 Å². The van der Waals surface area contributed by atoms with Crippen LogP contribution in [-0.4, -0.2) is 65.5 Å². The van der Waals surface area contributed by atoms with Crippen molar-refractivity contribution in [2.75, 3.05) is 32.7 Å². The van der Waals surface area contributed by atoms with Gasteiger partial charge in [-0.2, -0.15) is 0 Å². The molecule has 2 aromatic rings. The Morgan fingerprint density at radius 1 is 0.933 bits per heavy atom. The van der Waals surface area contributed by atoms with Gasteiger partial charge in [0.2, 0.25) is 5.91 Å². The number of rotatable bonds is 5. The molecule has 2 saturated heterocycles. The van der Waals surface area contributed by atoms with E-state index in [1.807, 2.05) is 4.90 Å². The zero-order chi connectivity index (χ0) is 20.9. The summed E-state index contributed by atoms with van der Waals surface area (Å²) in [7, 11) is 0. The molecule has 1 atom stereocenters. The second-order valence-electron chi connectivity index (χ2n) is 8.20. The van der Waals surface area contributed by atoms with Crippen LogP contribution in [0.5, 0.6) is 5.75 Å². The van der Waals surface area contributed by atoms with E-state index in [0.717, 1.165) is 45.4 Å². The lowest BCUT2D eigenvalue weighted by molar-refractivity contribution is -0.129. The van der Waals surface area contributed by atoms with Gasteiger partial charge in [-0.3, -0.25) is 14.5 Å². The lowest BCUT2D eigenvalue weighted by Crippen LogP contribution is -2.44. The molecule has 0 bridgehead atoms. The first-order chi connectivity index (χ1) is 14.6. The molecule has 2 aromatic carbocycles. The van der Waals surface area contributed by atoms with E-state index in [2.05, 4.69) is 40.5 Å². The van der Waals surface area contributed by atoms with Gasteiger partial charge in [-0.15, -0.1) is 0 Å². The number of nitrogens with zero attached hydrogens (tertiary/aromatic N) is 2. The second-order valence-corrected chi connectivity index (χ2v) is 8.20. The molecule has 30 heavy (non-hydrogen) atoms. The number of phenolic OH excluding ortho intramolecular Hbond substituents is 1. The number of aromatic hydroxyl groups is 1. The van der Waals surface area contributed by atoms with Crippen molar-refractivity contribution in [3.8, 4) is 5.75 Å². The summed E-state index contributed by atoms with van der Waals surface area (Å²) in [5.41, 5.74) is 1.62. The molecule has 0 radical (unpaired) electrons. The number of carbonyl (C=O) groups excluding carboxylic acids is 2. The molecule has 158 valence electrons. The molecule has 0 saturated carbocycles. The van der Waals surface area contributed by atoms with E-state index in [9.17, 15) is 14.7 Å². The number of carbonyl (C=O) groups is 2. The molecule has 2 N–H and O–H groups in total. The number of nitrogens with one attached hydrogen (secondary N) is 1. The molecule has 0 aromatic heterocycles. The molecule has 4 rings (SSSR count). The Kier molecular flexibility index (Phi) is 6.33. The van der Waals surface area contributed by atoms with Gasteiger partial charge in [0, 0.05) is 19.1 Å². The highest BCUT2D eigenvalue weighted by Gasteiger charge is 2.32. The number of benzene rings is 2. The largest absolute Gasteiger partial charge is 0.507 e. The molecular weight excluding hydrogens is 378 g/mol. The van der Waals surface area contributed by atoms with Crippen LogP contribution in [0, 0.1) is 0 Å². The van der Waals surface area contributed by atoms with Crippen LogP contribution in [0.25, 0.3) is 0 Å². The predicted molar refractivity (Wildman–Crippen MR) is 115 cm³/mol. The summed E-state index contributed by atoms with van der Waals surface area (Å²) in [6, 6.07) is 17.5. The fourth-order valence-electron chi connectivity index (χ4n) is 4.62. The fourth-order valence-corrected chi connectivity index (χ4v) is 4.62. The monoisotopic (exact) mass is 407 g/mol. The average Bonchev–Trinajstić information content (AvgIpc) is 3.29. The minimum atomic E-state index is -0.430. The predicted octanol–water partition coefficient (Wildman–Crippen LogP) is 2.60. The van der Waals surface area contributed by atoms with E-state index in [1.54, 1.807) is 18.2 Å². The summed E-state index contributed by atoms with van der Waals surface area (Å²) in [6.45, 7) is 3.54. The summed E-state index contributed by atoms with van der Waals surface area (Å²) in [5.74, 6) is 0.0504. The molecular formula is C24H29N3O3. The number of piperidine rings is 1. The Morgan fingerprint density at radius 3 is 2.37 bits per heavy atom. The third-order valence-electron chi connectivity index (χ3n) is 6.38. The SMILES string of the molecule is O=C(NCC(=O)N1CCC(N2CCC(c3ccccc3)CC2)C1)c1ccccc1O. The number of hydrogen-bond acceptors (Lipinski definition) is 4. The van der Waals surface area contributed by atoms with Crippen LogP contribution in [0.3, 0.4) is 0 Å². The third kappa shape index (κ3) is 4.65. The van der Waals surface area contributed by atoms with Crippen molar-refractivity contribution >= 4 is 11.8 Å². The minimum absolute atomic E-state index is 0.0457. The van der Waals surface area contributed by atoms with Crippen LogP contribution in [0.1, 0.15) is 41.1 Å². The minimum Gasteiger partial charge on any atom is -0.507 e. The first kappa shape index (κ1) is 20.4. The molecule has 2 heterocycles. The summed E-state index contributed by atoms with van der Waals surface area (Å²) < 4.78 is 0. The summed E-state index contributed by atoms with van der Waals surface area (Å²) in [4.78, 5) is 29.1. The number of para-hydroxylation sites is 1. The molecule has 6 nitrogen and oxygen atoms in total. The maximum Gasteiger partial charge on any atom is 0.255 e. The van der Waals surface area contributed by atoms with Crippen LogP contribution in [0.15, 0.2) is 54.6 Å². The highest BCUT2D eigenvalue weighted by Crippen LogP contribution is 2.30. The zero-order valence-corrected chi connectivity index (χ0v) is 17.2. The number of amides is 2. The van der Waals surface area contributed by atoms with E-state index in [0.29, 0.717) is 12.0 Å². The Balaban J connectivity index is 1.23. The van der Waals surface area contributed by atoms with E-state index in [4.69, 9.17) is 0 Å². The van der Waals surface area contributed by atoms with Crippen LogP contribution in [-0.2, 0) is 4.79 Å².